The predicted octanol–water partition coefficient (Wildman–Crippen LogP) is 3.43. The van der Waals surface area contributed by atoms with Gasteiger partial charge in [0.15, 0.2) is 5.96 Å². The van der Waals surface area contributed by atoms with Crippen LogP contribution in [-0.4, -0.2) is 37.0 Å². The smallest absolute Gasteiger partial charge is 0.191 e. The second-order valence-corrected chi connectivity index (χ2v) is 7.25. The summed E-state index contributed by atoms with van der Waals surface area (Å²) in [5.41, 5.74) is 5.61. The lowest BCUT2D eigenvalue weighted by atomic mass is 10.2. The molecule has 7 heteroatoms. The zero-order valence-corrected chi connectivity index (χ0v) is 18.9. The van der Waals surface area contributed by atoms with Crippen molar-refractivity contribution in [1.29, 1.82) is 0 Å². The van der Waals surface area contributed by atoms with Crippen LogP contribution in [0.4, 0.5) is 0 Å². The summed E-state index contributed by atoms with van der Waals surface area (Å²) < 4.78 is 12.8. The number of guanidine groups is 1. The van der Waals surface area contributed by atoms with E-state index >= 15 is 0 Å². The molecule has 164 valence electrons. The van der Waals surface area contributed by atoms with E-state index in [1.807, 2.05) is 31.2 Å². The summed E-state index contributed by atoms with van der Waals surface area (Å²) >= 11 is 0. The van der Waals surface area contributed by atoms with Gasteiger partial charge in [-0.15, -0.1) is 0 Å². The number of aromatic nitrogens is 2. The summed E-state index contributed by atoms with van der Waals surface area (Å²) in [5, 5.41) is 11.5. The van der Waals surface area contributed by atoms with Crippen LogP contribution in [0.25, 0.3) is 0 Å². The third-order valence-electron chi connectivity index (χ3n) is 5.30. The lowest BCUT2D eigenvalue weighted by Gasteiger charge is -2.15. The normalized spacial score (nSPS) is 11.3. The molecule has 0 spiro atoms. The molecule has 0 aliphatic carbocycles. The fourth-order valence-corrected chi connectivity index (χ4v) is 3.47. The van der Waals surface area contributed by atoms with Gasteiger partial charge in [0.1, 0.15) is 11.5 Å². The van der Waals surface area contributed by atoms with Crippen molar-refractivity contribution in [3.63, 3.8) is 0 Å². The Bertz CT molecular complexity index is 1030. The van der Waals surface area contributed by atoms with E-state index in [2.05, 4.69) is 51.5 Å². The molecule has 3 rings (SSSR count). The van der Waals surface area contributed by atoms with E-state index in [-0.39, 0.29) is 0 Å². The maximum Gasteiger partial charge on any atom is 0.191 e. The van der Waals surface area contributed by atoms with Crippen LogP contribution in [0.5, 0.6) is 11.5 Å². The average molecular weight is 422 g/mol. The predicted molar refractivity (Wildman–Crippen MR) is 124 cm³/mol. The molecule has 0 bridgehead atoms. The van der Waals surface area contributed by atoms with Gasteiger partial charge in [-0.3, -0.25) is 9.67 Å². The Balaban J connectivity index is 1.62. The van der Waals surface area contributed by atoms with Crippen LogP contribution in [0.1, 0.15) is 28.1 Å². The van der Waals surface area contributed by atoms with Gasteiger partial charge in [-0.2, -0.15) is 5.10 Å². The summed E-state index contributed by atoms with van der Waals surface area (Å²) in [7, 11) is 5.06. The Kier molecular flexibility index (Phi) is 7.54. The third kappa shape index (κ3) is 5.57. The van der Waals surface area contributed by atoms with Gasteiger partial charge in [0.2, 0.25) is 0 Å². The molecule has 0 saturated carbocycles. The number of hydrogen-bond donors (Lipinski definition) is 2. The zero-order chi connectivity index (χ0) is 22.2. The molecule has 2 N–H and O–H groups in total. The molecule has 0 saturated heterocycles. The van der Waals surface area contributed by atoms with Crippen molar-refractivity contribution in [1.82, 2.24) is 20.4 Å². The van der Waals surface area contributed by atoms with Crippen molar-refractivity contribution < 1.29 is 9.47 Å². The molecule has 0 amide bonds. The molecule has 31 heavy (non-hydrogen) atoms. The SMILES string of the molecule is CN=C(NCc1ccc(OC)cc1OC)NCc1c(C)nn(Cc2ccccc2)c1C. The molecule has 1 heterocycles. The first-order valence-corrected chi connectivity index (χ1v) is 10.3. The van der Waals surface area contributed by atoms with Crippen LogP contribution in [0.3, 0.4) is 0 Å². The van der Waals surface area contributed by atoms with Gasteiger partial charge in [-0.25, -0.2) is 0 Å². The number of ether oxygens (including phenoxy) is 2. The topological polar surface area (TPSA) is 72.7 Å². The molecule has 1 aromatic heterocycles. The molecule has 0 aliphatic heterocycles. The number of benzene rings is 2. The van der Waals surface area contributed by atoms with E-state index < -0.39 is 0 Å². The highest BCUT2D eigenvalue weighted by molar-refractivity contribution is 5.79. The molecule has 0 radical (unpaired) electrons. The average Bonchev–Trinajstić information content (AvgIpc) is 3.06. The van der Waals surface area contributed by atoms with E-state index in [4.69, 9.17) is 14.6 Å². The Labute approximate surface area is 184 Å². The molecule has 0 atom stereocenters. The minimum Gasteiger partial charge on any atom is -0.497 e. The van der Waals surface area contributed by atoms with Crippen LogP contribution in [0.2, 0.25) is 0 Å². The zero-order valence-electron chi connectivity index (χ0n) is 18.9. The van der Waals surface area contributed by atoms with Crippen molar-refractivity contribution in [2.75, 3.05) is 21.3 Å². The molecule has 7 nitrogen and oxygen atoms in total. The quantitative estimate of drug-likeness (QED) is 0.431. The maximum absolute atomic E-state index is 5.47. The highest BCUT2D eigenvalue weighted by Crippen LogP contribution is 2.24. The Morgan fingerprint density at radius 3 is 2.42 bits per heavy atom. The van der Waals surface area contributed by atoms with Gasteiger partial charge in [0.25, 0.3) is 0 Å². The number of aliphatic imine (C=N–C) groups is 1. The van der Waals surface area contributed by atoms with Gasteiger partial charge in [-0.1, -0.05) is 30.3 Å². The number of nitrogens with zero attached hydrogens (tertiary/aromatic N) is 3. The second-order valence-electron chi connectivity index (χ2n) is 7.25. The number of aryl methyl sites for hydroxylation is 1. The van der Waals surface area contributed by atoms with E-state index in [0.29, 0.717) is 19.0 Å². The fraction of sp³-hybridized carbons (Fsp3) is 0.333. The van der Waals surface area contributed by atoms with Crippen molar-refractivity contribution in [3.05, 3.63) is 76.6 Å². The van der Waals surface area contributed by atoms with Gasteiger partial charge < -0.3 is 20.1 Å². The molecular formula is C24H31N5O2. The van der Waals surface area contributed by atoms with Crippen LogP contribution in [0.15, 0.2) is 53.5 Å². The second kappa shape index (κ2) is 10.5. The van der Waals surface area contributed by atoms with Gasteiger partial charge in [-0.05, 0) is 31.5 Å². The van der Waals surface area contributed by atoms with Crippen LogP contribution in [-0.2, 0) is 19.6 Å². The fourth-order valence-electron chi connectivity index (χ4n) is 3.47. The van der Waals surface area contributed by atoms with Crippen molar-refractivity contribution >= 4 is 5.96 Å². The van der Waals surface area contributed by atoms with Crippen LogP contribution < -0.4 is 20.1 Å². The van der Waals surface area contributed by atoms with Gasteiger partial charge in [0.05, 0.1) is 26.5 Å². The van der Waals surface area contributed by atoms with E-state index in [1.54, 1.807) is 21.3 Å². The van der Waals surface area contributed by atoms with Gasteiger partial charge >= 0.3 is 0 Å². The first-order valence-electron chi connectivity index (χ1n) is 10.3. The molecule has 0 aliphatic rings. The number of rotatable bonds is 8. The Hall–Kier alpha value is -3.48. The molecule has 2 aromatic carbocycles. The van der Waals surface area contributed by atoms with E-state index in [0.717, 1.165) is 35.0 Å². The van der Waals surface area contributed by atoms with E-state index in [1.165, 1.54) is 11.1 Å². The summed E-state index contributed by atoms with van der Waals surface area (Å²) in [6.45, 7) is 6.14. The molecule has 3 aromatic rings. The lowest BCUT2D eigenvalue weighted by Crippen LogP contribution is -2.36. The summed E-state index contributed by atoms with van der Waals surface area (Å²) in [6.07, 6.45) is 0. The number of hydrogen-bond acceptors (Lipinski definition) is 4. The largest absolute Gasteiger partial charge is 0.497 e. The minimum atomic E-state index is 0.581. The lowest BCUT2D eigenvalue weighted by molar-refractivity contribution is 0.390. The first-order chi connectivity index (χ1) is 15.0. The molecule has 0 unspecified atom stereocenters. The van der Waals surface area contributed by atoms with Crippen molar-refractivity contribution in [3.8, 4) is 11.5 Å². The first kappa shape index (κ1) is 22.2. The third-order valence-corrected chi connectivity index (χ3v) is 5.30. The highest BCUT2D eigenvalue weighted by Gasteiger charge is 2.13. The standard InChI is InChI=1S/C24H31N5O2/c1-17-22(18(2)29(28-17)16-19-9-7-6-8-10-19)15-27-24(25-3)26-14-20-11-12-21(30-4)13-23(20)31-5/h6-13H,14-16H2,1-5H3,(H2,25,26,27). The van der Waals surface area contributed by atoms with Crippen molar-refractivity contribution in [2.45, 2.75) is 33.5 Å². The summed E-state index contributed by atoms with van der Waals surface area (Å²) in [4.78, 5) is 4.34. The Morgan fingerprint density at radius 1 is 1.00 bits per heavy atom. The molecular weight excluding hydrogens is 390 g/mol. The number of nitrogens with one attached hydrogen (secondary N) is 2. The molecule has 0 fully saturated rings. The van der Waals surface area contributed by atoms with E-state index in [9.17, 15) is 0 Å². The van der Waals surface area contributed by atoms with Crippen LogP contribution >= 0.6 is 0 Å². The Morgan fingerprint density at radius 2 is 1.74 bits per heavy atom. The minimum absolute atomic E-state index is 0.581. The summed E-state index contributed by atoms with van der Waals surface area (Å²) in [6, 6.07) is 16.2. The maximum atomic E-state index is 5.47. The highest BCUT2D eigenvalue weighted by atomic mass is 16.5. The van der Waals surface area contributed by atoms with Crippen molar-refractivity contribution in [2.24, 2.45) is 4.99 Å². The van der Waals surface area contributed by atoms with Crippen LogP contribution in [0, 0.1) is 13.8 Å². The monoisotopic (exact) mass is 421 g/mol. The number of methoxy groups -OCH3 is 2. The van der Waals surface area contributed by atoms with Gasteiger partial charge in [0, 0.05) is 43.0 Å². The summed E-state index contributed by atoms with van der Waals surface area (Å²) in [5.74, 6) is 2.25.